The van der Waals surface area contributed by atoms with Crippen LogP contribution >= 0.6 is 0 Å². The molecule has 0 bridgehead atoms. The number of nitrogens with one attached hydrogen (secondary N) is 2. The second-order valence-electron chi connectivity index (χ2n) is 30.6. The number of nitrogen functional groups attached to an aromatic ring is 1. The summed E-state index contributed by atoms with van der Waals surface area (Å²) >= 11 is 0. The van der Waals surface area contributed by atoms with Crippen molar-refractivity contribution in [2.24, 2.45) is 21.7 Å². The van der Waals surface area contributed by atoms with Gasteiger partial charge in [0.25, 0.3) is 17.1 Å². The number of aliphatic hydroxyl groups excluding tert-OH is 1. The zero-order valence-corrected chi connectivity index (χ0v) is 61.4. The summed E-state index contributed by atoms with van der Waals surface area (Å²) in [6, 6.07) is 27.1. The summed E-state index contributed by atoms with van der Waals surface area (Å²) in [5.41, 5.74) is 21.3. The Morgan fingerprint density at radius 1 is 0.485 bits per heavy atom. The summed E-state index contributed by atoms with van der Waals surface area (Å²) in [6.07, 6.45) is 4.84. The minimum atomic E-state index is -1.21. The molecule has 0 spiro atoms. The Kier molecular flexibility index (Phi) is 22.8. The van der Waals surface area contributed by atoms with Crippen molar-refractivity contribution in [3.05, 3.63) is 240 Å². The number of nitrogens with zero attached hydrogens (tertiary/aromatic N) is 5. The minimum absolute atomic E-state index is 0.0237. The summed E-state index contributed by atoms with van der Waals surface area (Å²) in [7, 11) is 0. The highest BCUT2D eigenvalue weighted by Gasteiger charge is 2.42. The van der Waals surface area contributed by atoms with Gasteiger partial charge in [0.1, 0.15) is 19.2 Å². The Morgan fingerprint density at radius 3 is 1.27 bits per heavy atom. The first-order valence-electron chi connectivity index (χ1n) is 34.8. The number of para-hydroxylation sites is 4. The highest BCUT2D eigenvalue weighted by Crippen LogP contribution is 2.45. The molecule has 544 valence electrons. The zero-order chi connectivity index (χ0) is 75.5. The van der Waals surface area contributed by atoms with Crippen LogP contribution in [0.4, 0.5) is 22.7 Å². The number of hydrogen-bond acceptors (Lipinski definition) is 16. The van der Waals surface area contributed by atoms with Gasteiger partial charge in [-0.05, 0) is 123 Å². The van der Waals surface area contributed by atoms with Gasteiger partial charge in [-0.25, -0.2) is 0 Å². The molecule has 4 heterocycles. The topological polar surface area (TPSA) is 338 Å². The Bertz CT molecular complexity index is 4680. The second-order valence-corrected chi connectivity index (χ2v) is 30.6. The SMILES string of the molecule is CCOC(=O)Cn1c(C)c(Cc2ccccc2N)c2c1CC(C)(C)CC2=O.CCOC(=O)Cn1c(C)c(Cc2ccccc2[N+](=O)[O-])c2c1CC(C)(C)CC2=O.Cc1[nH]c2c(c1C(O)c1ccccc1[N+](=O)[O-])C(=O)CC(C)(C)C2.Cc1[nH]c2c(c1Cc1ccccc1[N+](=O)[O-])C(=O)CC(C)(C)C2. The zero-order valence-electron chi connectivity index (χ0n) is 61.4. The first-order valence-corrected chi connectivity index (χ1v) is 34.8. The molecule has 12 rings (SSSR count). The summed E-state index contributed by atoms with van der Waals surface area (Å²) < 4.78 is 14.1. The van der Waals surface area contributed by atoms with Crippen LogP contribution in [-0.2, 0) is 77.1 Å². The van der Waals surface area contributed by atoms with Gasteiger partial charge in [-0.1, -0.05) is 122 Å². The maximum Gasteiger partial charge on any atom is 0.325 e. The van der Waals surface area contributed by atoms with Gasteiger partial charge in [0.15, 0.2) is 23.1 Å². The number of H-pyrrole nitrogens is 2. The average molecular weight is 1410 g/mol. The van der Waals surface area contributed by atoms with E-state index in [1.807, 2.05) is 81.9 Å². The predicted molar refractivity (Wildman–Crippen MR) is 391 cm³/mol. The van der Waals surface area contributed by atoms with Gasteiger partial charge in [-0.3, -0.25) is 59.1 Å². The Balaban J connectivity index is 0.000000160. The molecular formula is C80H94N8O15. The second kappa shape index (κ2) is 30.6. The molecular weight excluding hydrogens is 1310 g/mol. The molecule has 103 heavy (non-hydrogen) atoms. The van der Waals surface area contributed by atoms with E-state index in [4.69, 9.17) is 15.2 Å². The fourth-order valence-corrected chi connectivity index (χ4v) is 15.4. The highest BCUT2D eigenvalue weighted by atomic mass is 16.6. The molecule has 0 saturated carbocycles. The normalized spacial score (nSPS) is 16.0. The van der Waals surface area contributed by atoms with E-state index in [9.17, 15) is 64.2 Å². The van der Waals surface area contributed by atoms with Crippen LogP contribution in [0.3, 0.4) is 0 Å². The molecule has 0 amide bonds. The van der Waals surface area contributed by atoms with Crippen LogP contribution in [0, 0.1) is 79.7 Å². The van der Waals surface area contributed by atoms with E-state index in [1.165, 1.54) is 24.3 Å². The number of aliphatic hydroxyl groups is 1. The third-order valence-electron chi connectivity index (χ3n) is 19.9. The molecule has 0 fully saturated rings. The summed E-state index contributed by atoms with van der Waals surface area (Å²) in [6.45, 7) is 28.4. The van der Waals surface area contributed by atoms with Crippen molar-refractivity contribution < 1.29 is 58.1 Å². The predicted octanol–water partition coefficient (Wildman–Crippen LogP) is 15.1. The van der Waals surface area contributed by atoms with Crippen molar-refractivity contribution in [1.29, 1.82) is 0 Å². The smallest absolute Gasteiger partial charge is 0.325 e. The maximum absolute atomic E-state index is 13.0. The third kappa shape index (κ3) is 17.1. The van der Waals surface area contributed by atoms with E-state index < -0.39 is 16.0 Å². The van der Waals surface area contributed by atoms with Crippen molar-refractivity contribution in [3.8, 4) is 0 Å². The van der Waals surface area contributed by atoms with Gasteiger partial charge in [0, 0.05) is 153 Å². The fraction of sp³-hybridized carbons (Fsp3) is 0.425. The van der Waals surface area contributed by atoms with Gasteiger partial charge in [-0.2, -0.15) is 0 Å². The number of carbonyl (C=O) groups excluding carboxylic acids is 6. The minimum Gasteiger partial charge on any atom is -0.465 e. The number of ketones is 4. The molecule has 4 aromatic heterocycles. The number of anilines is 1. The number of aromatic amines is 2. The molecule has 4 aromatic carbocycles. The van der Waals surface area contributed by atoms with E-state index in [-0.39, 0.29) is 110 Å². The number of aromatic nitrogens is 4. The summed E-state index contributed by atoms with van der Waals surface area (Å²) in [5.74, 6) is -0.360. The third-order valence-corrected chi connectivity index (χ3v) is 19.9. The summed E-state index contributed by atoms with van der Waals surface area (Å²) in [4.78, 5) is 115. The number of fused-ring (bicyclic) bond motifs is 4. The maximum atomic E-state index is 13.0. The lowest BCUT2D eigenvalue weighted by Gasteiger charge is -2.30. The number of carbonyl (C=O) groups is 6. The number of nitro benzene ring substituents is 3. The van der Waals surface area contributed by atoms with E-state index >= 15 is 0 Å². The van der Waals surface area contributed by atoms with Crippen LogP contribution in [-0.4, -0.2) is 87.3 Å². The van der Waals surface area contributed by atoms with Gasteiger partial charge < -0.3 is 39.4 Å². The number of Topliss-reactive ketones (excluding diaryl/α,β-unsaturated/α-hetero) is 4. The average Bonchev–Trinajstić information content (AvgIpc) is 1.62. The lowest BCUT2D eigenvalue weighted by Crippen LogP contribution is -2.29. The lowest BCUT2D eigenvalue weighted by atomic mass is 9.75. The van der Waals surface area contributed by atoms with Crippen LogP contribution in [0.25, 0.3) is 0 Å². The lowest BCUT2D eigenvalue weighted by molar-refractivity contribution is -0.386. The number of nitrogens with two attached hydrogens (primary N) is 1. The monoisotopic (exact) mass is 1410 g/mol. The van der Waals surface area contributed by atoms with Crippen LogP contribution in [0.5, 0.6) is 0 Å². The Hall–Kier alpha value is -10.4. The quantitative estimate of drug-likeness (QED) is 0.0285. The van der Waals surface area contributed by atoms with E-state index in [0.717, 1.165) is 86.1 Å². The molecule has 1 unspecified atom stereocenters. The van der Waals surface area contributed by atoms with Crippen molar-refractivity contribution in [2.75, 3.05) is 18.9 Å². The van der Waals surface area contributed by atoms with Crippen LogP contribution in [0.2, 0.25) is 0 Å². The van der Waals surface area contributed by atoms with Crippen LogP contribution in [0.15, 0.2) is 97.1 Å². The van der Waals surface area contributed by atoms with Crippen molar-refractivity contribution in [2.45, 2.75) is 187 Å². The van der Waals surface area contributed by atoms with Crippen molar-refractivity contribution in [3.63, 3.8) is 0 Å². The van der Waals surface area contributed by atoms with Crippen molar-refractivity contribution >= 4 is 57.8 Å². The molecule has 5 N–H and O–H groups in total. The van der Waals surface area contributed by atoms with E-state index in [2.05, 4.69) is 37.7 Å². The first-order chi connectivity index (χ1) is 48.4. The molecule has 1 atom stereocenters. The first kappa shape index (κ1) is 76.8. The molecule has 8 aromatic rings. The van der Waals surface area contributed by atoms with Crippen molar-refractivity contribution in [1.82, 2.24) is 19.1 Å². The van der Waals surface area contributed by atoms with Gasteiger partial charge >= 0.3 is 11.9 Å². The van der Waals surface area contributed by atoms with Crippen LogP contribution < -0.4 is 5.73 Å². The van der Waals surface area contributed by atoms with E-state index in [1.54, 1.807) is 69.3 Å². The molecule has 0 radical (unpaired) electrons. The number of nitro groups is 3. The highest BCUT2D eigenvalue weighted by molar-refractivity contribution is 6.03. The number of aryl methyl sites for hydroxylation is 2. The number of hydrogen-bond donors (Lipinski definition) is 4. The molecule has 23 heteroatoms. The van der Waals surface area contributed by atoms with E-state index in [0.29, 0.717) is 97.2 Å². The molecule has 4 aliphatic carbocycles. The Labute approximate surface area is 599 Å². The molecule has 23 nitrogen and oxygen atoms in total. The van der Waals surface area contributed by atoms with Crippen LogP contribution in [0.1, 0.15) is 233 Å². The molecule has 4 aliphatic rings. The number of rotatable bonds is 17. The van der Waals surface area contributed by atoms with Gasteiger partial charge in [0.05, 0.1) is 33.5 Å². The number of esters is 2. The fourth-order valence-electron chi connectivity index (χ4n) is 15.4. The largest absolute Gasteiger partial charge is 0.465 e. The van der Waals surface area contributed by atoms with Gasteiger partial charge in [-0.15, -0.1) is 0 Å². The summed E-state index contributed by atoms with van der Waals surface area (Å²) in [5, 5.41) is 44.7. The number of benzene rings is 4. The number of ether oxygens (including phenoxy) is 2. The molecule has 0 saturated heterocycles. The van der Waals surface area contributed by atoms with Gasteiger partial charge in [0.2, 0.25) is 0 Å². The standard InChI is InChI=1S/C22H26N2O5.C22H28N2O3.C18H20N2O4.C18H20N2O3/c1-5-29-20(26)13-23-14(2)16(10-15-8-6-7-9-17(15)24(27)28)21-18(23)11-22(3,4)12-19(21)25;1-5-27-20(26)13-24-14(2)16(10-15-8-6-7-9-17(15)23)21-18(24)11-22(3,4)12-19(21)25;1-10-15(16-12(19-10)8-18(2,3)9-14(16)21)17(22)11-6-4-5-7-13(11)20(23)24;1-11-13(8-12-6-4-5-7-15(12)20(22)23)17-14(19-11)9-18(2,3)10-16(17)21/h6-9H,5,10-13H2,1-4H3;6-9H,5,10-13,23H2,1-4H3;4-7,17,19,22H,8-9H2,1-3H3;4-7,19H,8-10H2,1-3H3. The Morgan fingerprint density at radius 2 is 0.835 bits per heavy atom. The molecule has 0 aliphatic heterocycles.